The van der Waals surface area contributed by atoms with E-state index in [4.69, 9.17) is 5.73 Å². The lowest BCUT2D eigenvalue weighted by Crippen LogP contribution is -2.49. The summed E-state index contributed by atoms with van der Waals surface area (Å²) in [6.07, 6.45) is -1.08. The van der Waals surface area contributed by atoms with Crippen LogP contribution in [0.15, 0.2) is 24.7 Å². The van der Waals surface area contributed by atoms with Crippen molar-refractivity contribution in [3.05, 3.63) is 41.5 Å². The van der Waals surface area contributed by atoms with Gasteiger partial charge in [-0.15, -0.1) is 0 Å². The van der Waals surface area contributed by atoms with Gasteiger partial charge in [0, 0.05) is 63.1 Å². The first-order chi connectivity index (χ1) is 13.1. The van der Waals surface area contributed by atoms with Gasteiger partial charge in [0.25, 0.3) is 5.91 Å². The summed E-state index contributed by atoms with van der Waals surface area (Å²) in [6.45, 7) is 6.27. The standard InChI is InChI=1S/C18H23F3N6O/c1-12(22)10-27-11-14(7-13(27)2)16(28)25-3-5-26(6-4-25)17-23-8-15(9-24-17)18(19,20)21/h7-9,11-12H,3-6,10,22H2,1-2H3/t12-/m0/s1. The normalized spacial score (nSPS) is 16.4. The fourth-order valence-electron chi connectivity index (χ4n) is 3.16. The minimum absolute atomic E-state index is 0.0127. The molecular weight excluding hydrogens is 373 g/mol. The monoisotopic (exact) mass is 396 g/mol. The van der Waals surface area contributed by atoms with E-state index in [0.717, 1.165) is 18.1 Å². The second kappa shape index (κ2) is 7.78. The van der Waals surface area contributed by atoms with Crippen LogP contribution >= 0.6 is 0 Å². The quantitative estimate of drug-likeness (QED) is 0.854. The summed E-state index contributed by atoms with van der Waals surface area (Å²) in [5, 5.41) is 0. The van der Waals surface area contributed by atoms with Gasteiger partial charge in [-0.1, -0.05) is 0 Å². The van der Waals surface area contributed by atoms with E-state index in [2.05, 4.69) is 9.97 Å². The van der Waals surface area contributed by atoms with Crippen LogP contribution in [0.2, 0.25) is 0 Å². The third-order valence-corrected chi connectivity index (χ3v) is 4.66. The van der Waals surface area contributed by atoms with Crippen molar-refractivity contribution < 1.29 is 18.0 Å². The summed E-state index contributed by atoms with van der Waals surface area (Å²) in [4.78, 5) is 23.9. The molecule has 28 heavy (non-hydrogen) atoms. The van der Waals surface area contributed by atoms with E-state index in [9.17, 15) is 18.0 Å². The molecule has 1 fully saturated rings. The molecular formula is C18H23F3N6O. The fourth-order valence-corrected chi connectivity index (χ4v) is 3.16. The first-order valence-corrected chi connectivity index (χ1v) is 9.01. The Labute approximate surface area is 161 Å². The molecule has 10 heteroatoms. The van der Waals surface area contributed by atoms with Gasteiger partial charge >= 0.3 is 6.18 Å². The minimum atomic E-state index is -4.46. The maximum absolute atomic E-state index is 12.8. The smallest absolute Gasteiger partial charge is 0.349 e. The summed E-state index contributed by atoms with van der Waals surface area (Å²) in [6, 6.07) is 1.83. The maximum atomic E-state index is 12.8. The third kappa shape index (κ3) is 4.44. The van der Waals surface area contributed by atoms with Gasteiger partial charge < -0.3 is 20.1 Å². The zero-order valence-electron chi connectivity index (χ0n) is 15.8. The molecule has 1 aliphatic heterocycles. The van der Waals surface area contributed by atoms with Crippen molar-refractivity contribution in [3.8, 4) is 0 Å². The molecule has 3 rings (SSSR count). The molecule has 1 atom stereocenters. The number of halogens is 3. The number of hydrogen-bond acceptors (Lipinski definition) is 5. The average Bonchev–Trinajstić information content (AvgIpc) is 3.00. The number of nitrogens with zero attached hydrogens (tertiary/aromatic N) is 5. The summed E-state index contributed by atoms with van der Waals surface area (Å²) >= 11 is 0. The van der Waals surface area contributed by atoms with Gasteiger partial charge in [0.05, 0.1) is 11.1 Å². The van der Waals surface area contributed by atoms with Crippen LogP contribution in [0.3, 0.4) is 0 Å². The van der Waals surface area contributed by atoms with Crippen LogP contribution in [-0.2, 0) is 12.7 Å². The van der Waals surface area contributed by atoms with E-state index in [0.29, 0.717) is 38.3 Å². The molecule has 2 aromatic heterocycles. The molecule has 152 valence electrons. The number of piperazine rings is 1. The lowest BCUT2D eigenvalue weighted by molar-refractivity contribution is -0.138. The molecule has 7 nitrogen and oxygen atoms in total. The molecule has 1 saturated heterocycles. The number of alkyl halides is 3. The van der Waals surface area contributed by atoms with Crippen molar-refractivity contribution in [2.45, 2.75) is 32.6 Å². The largest absolute Gasteiger partial charge is 0.419 e. The predicted molar refractivity (Wildman–Crippen MR) is 98.0 cm³/mol. The molecule has 0 aliphatic carbocycles. The third-order valence-electron chi connectivity index (χ3n) is 4.66. The van der Waals surface area contributed by atoms with Crippen molar-refractivity contribution in [1.82, 2.24) is 19.4 Å². The van der Waals surface area contributed by atoms with Crippen LogP contribution in [0.5, 0.6) is 0 Å². The van der Waals surface area contributed by atoms with Crippen LogP contribution in [0.1, 0.15) is 28.5 Å². The Morgan fingerprint density at radius 2 is 1.82 bits per heavy atom. The maximum Gasteiger partial charge on any atom is 0.419 e. The number of anilines is 1. The van der Waals surface area contributed by atoms with Gasteiger partial charge in [-0.05, 0) is 19.9 Å². The Morgan fingerprint density at radius 3 is 2.36 bits per heavy atom. The summed E-state index contributed by atoms with van der Waals surface area (Å²) in [7, 11) is 0. The molecule has 0 saturated carbocycles. The van der Waals surface area contributed by atoms with Crippen LogP contribution in [0.4, 0.5) is 19.1 Å². The summed E-state index contributed by atoms with van der Waals surface area (Å²) in [5.74, 6) is 0.165. The molecule has 1 amide bonds. The van der Waals surface area contributed by atoms with Crippen LogP contribution in [0.25, 0.3) is 0 Å². The topological polar surface area (TPSA) is 80.3 Å². The Bertz CT molecular complexity index is 823. The van der Waals surface area contributed by atoms with E-state index in [1.54, 1.807) is 9.80 Å². The van der Waals surface area contributed by atoms with Gasteiger partial charge in [-0.3, -0.25) is 4.79 Å². The Hall–Kier alpha value is -2.62. The molecule has 0 bridgehead atoms. The van der Waals surface area contributed by atoms with Crippen LogP contribution < -0.4 is 10.6 Å². The molecule has 1 aliphatic rings. The van der Waals surface area contributed by atoms with E-state index in [1.807, 2.05) is 30.7 Å². The Balaban J connectivity index is 1.61. The number of rotatable bonds is 4. The average molecular weight is 396 g/mol. The minimum Gasteiger partial charge on any atom is -0.349 e. The second-order valence-electron chi connectivity index (χ2n) is 7.05. The zero-order valence-corrected chi connectivity index (χ0v) is 15.8. The predicted octanol–water partition coefficient (Wildman–Crippen LogP) is 1.91. The van der Waals surface area contributed by atoms with Gasteiger partial charge in [0.15, 0.2) is 0 Å². The van der Waals surface area contributed by atoms with Gasteiger partial charge in [-0.2, -0.15) is 13.2 Å². The Morgan fingerprint density at radius 1 is 1.21 bits per heavy atom. The molecule has 3 heterocycles. The van der Waals surface area contributed by atoms with Crippen molar-refractivity contribution in [2.75, 3.05) is 31.1 Å². The lowest BCUT2D eigenvalue weighted by atomic mass is 10.2. The first-order valence-electron chi connectivity index (χ1n) is 9.01. The fraction of sp³-hybridized carbons (Fsp3) is 0.500. The number of nitrogens with two attached hydrogens (primary N) is 1. The number of amides is 1. The molecule has 0 spiro atoms. The van der Waals surface area contributed by atoms with Crippen molar-refractivity contribution >= 4 is 11.9 Å². The molecule has 0 radical (unpaired) electrons. The summed E-state index contributed by atoms with van der Waals surface area (Å²) < 4.78 is 39.8. The van der Waals surface area contributed by atoms with Crippen LogP contribution in [0, 0.1) is 6.92 Å². The number of carbonyl (C=O) groups excluding carboxylic acids is 1. The van der Waals surface area contributed by atoms with Crippen molar-refractivity contribution in [3.63, 3.8) is 0 Å². The SMILES string of the molecule is Cc1cc(C(=O)N2CCN(c3ncc(C(F)(F)F)cn3)CC2)cn1C[C@H](C)N. The number of carbonyl (C=O) groups is 1. The van der Waals surface area contributed by atoms with Crippen molar-refractivity contribution in [1.29, 1.82) is 0 Å². The highest BCUT2D eigenvalue weighted by atomic mass is 19.4. The molecule has 2 aromatic rings. The van der Waals surface area contributed by atoms with Gasteiger partial charge in [0.2, 0.25) is 5.95 Å². The first kappa shape index (κ1) is 20.1. The highest BCUT2D eigenvalue weighted by Crippen LogP contribution is 2.28. The van der Waals surface area contributed by atoms with Crippen LogP contribution in [-0.4, -0.2) is 57.6 Å². The number of aryl methyl sites for hydroxylation is 1. The van der Waals surface area contributed by atoms with E-state index in [1.165, 1.54) is 0 Å². The highest BCUT2D eigenvalue weighted by Gasteiger charge is 2.32. The molecule has 0 unspecified atom stereocenters. The van der Waals surface area contributed by atoms with E-state index < -0.39 is 11.7 Å². The number of hydrogen-bond donors (Lipinski definition) is 1. The number of aromatic nitrogens is 3. The zero-order chi connectivity index (χ0) is 20.5. The van der Waals surface area contributed by atoms with E-state index in [-0.39, 0.29) is 17.9 Å². The molecule has 2 N–H and O–H groups in total. The Kier molecular flexibility index (Phi) is 5.59. The van der Waals surface area contributed by atoms with Gasteiger partial charge in [0.1, 0.15) is 0 Å². The van der Waals surface area contributed by atoms with Gasteiger partial charge in [-0.25, -0.2) is 9.97 Å². The molecule has 0 aromatic carbocycles. The summed E-state index contributed by atoms with van der Waals surface area (Å²) in [5.41, 5.74) is 6.53. The van der Waals surface area contributed by atoms with E-state index >= 15 is 0 Å². The second-order valence-corrected chi connectivity index (χ2v) is 7.05. The lowest BCUT2D eigenvalue weighted by Gasteiger charge is -2.34. The van der Waals surface area contributed by atoms with Crippen molar-refractivity contribution in [2.24, 2.45) is 5.73 Å². The highest BCUT2D eigenvalue weighted by molar-refractivity contribution is 5.94.